The van der Waals surface area contributed by atoms with Crippen molar-refractivity contribution in [3.8, 4) is 5.75 Å². The number of carbonyl (C=O) groups excluding carboxylic acids is 1. The molecule has 120 valence electrons. The van der Waals surface area contributed by atoms with Gasteiger partial charge in [-0.2, -0.15) is 0 Å². The summed E-state index contributed by atoms with van der Waals surface area (Å²) in [6.45, 7) is 4.51. The van der Waals surface area contributed by atoms with Crippen LogP contribution in [0, 0.1) is 5.92 Å². The summed E-state index contributed by atoms with van der Waals surface area (Å²) < 4.78 is 5.48. The summed E-state index contributed by atoms with van der Waals surface area (Å²) in [6, 6.07) is 8.40. The van der Waals surface area contributed by atoms with E-state index in [0.717, 1.165) is 44.6 Å². The fourth-order valence-electron chi connectivity index (χ4n) is 3.69. The van der Waals surface area contributed by atoms with Crippen molar-refractivity contribution in [2.24, 2.45) is 5.92 Å². The van der Waals surface area contributed by atoms with Crippen LogP contribution in [0.15, 0.2) is 24.3 Å². The van der Waals surface area contributed by atoms with Gasteiger partial charge in [-0.15, -0.1) is 13.1 Å². The zero-order valence-corrected chi connectivity index (χ0v) is 19.4. The first-order chi connectivity index (χ1) is 10.8. The fraction of sp³-hybridized carbons (Fsp3) is 0.611. The Hall–Kier alpha value is 0.255. The molecule has 2 fully saturated rings. The molecule has 1 aromatic rings. The van der Waals surface area contributed by atoms with Gasteiger partial charge in [0.1, 0.15) is 5.75 Å². The number of ether oxygens (including phenoxy) is 1. The Morgan fingerprint density at radius 3 is 2.78 bits per heavy atom. The van der Waals surface area contributed by atoms with Crippen LogP contribution in [0.3, 0.4) is 0 Å². The molecule has 1 saturated heterocycles. The van der Waals surface area contributed by atoms with Crippen LogP contribution in [0.2, 0.25) is 0 Å². The minimum Gasteiger partial charge on any atom is -0.659 e. The summed E-state index contributed by atoms with van der Waals surface area (Å²) >= 11 is 0. The van der Waals surface area contributed by atoms with Crippen molar-refractivity contribution >= 4 is 5.91 Å². The summed E-state index contributed by atoms with van der Waals surface area (Å²) in [5.41, 5.74) is 1.18. The number of hydrogen-bond donors (Lipinski definition) is 0. The molecule has 2 unspecified atom stereocenters. The molecule has 4 nitrogen and oxygen atoms in total. The van der Waals surface area contributed by atoms with Gasteiger partial charge in [-0.25, -0.2) is 0 Å². The first-order valence-electron chi connectivity index (χ1n) is 8.33. The van der Waals surface area contributed by atoms with Crippen LogP contribution < -0.4 is 62.9 Å². The Morgan fingerprint density at radius 2 is 2.13 bits per heavy atom. The molecule has 1 aliphatic carbocycles. The predicted molar refractivity (Wildman–Crippen MR) is 87.3 cm³/mol. The third kappa shape index (κ3) is 4.09. The van der Waals surface area contributed by atoms with Crippen LogP contribution in [0.25, 0.3) is 5.32 Å². The zero-order valence-electron chi connectivity index (χ0n) is 14.5. The molecule has 5 heteroatoms. The second-order valence-corrected chi connectivity index (χ2v) is 6.26. The van der Waals surface area contributed by atoms with Gasteiger partial charge in [0.25, 0.3) is 0 Å². The maximum atomic E-state index is 13.0. The molecule has 3 rings (SSSR count). The quantitative estimate of drug-likeness (QED) is 0.741. The Labute approximate surface area is 188 Å². The molecule has 1 aromatic carbocycles. The number of methoxy groups -OCH3 is 1. The summed E-state index contributed by atoms with van der Waals surface area (Å²) in [5, 5.41) is 4.46. The van der Waals surface area contributed by atoms with Gasteiger partial charge in [0, 0.05) is 18.5 Å². The molecule has 0 N–H and O–H groups in total. The van der Waals surface area contributed by atoms with E-state index in [1.807, 2.05) is 18.2 Å². The van der Waals surface area contributed by atoms with E-state index in [0.29, 0.717) is 17.9 Å². The van der Waals surface area contributed by atoms with Gasteiger partial charge in [-0.1, -0.05) is 25.1 Å². The smallest absolute Gasteiger partial charge is 0.659 e. The van der Waals surface area contributed by atoms with Crippen molar-refractivity contribution < 1.29 is 67.7 Å². The third-order valence-corrected chi connectivity index (χ3v) is 5.16. The Balaban J connectivity index is 0.00000192. The predicted octanol–water partition coefficient (Wildman–Crippen LogP) is 0.187. The van der Waals surface area contributed by atoms with Crippen molar-refractivity contribution in [2.45, 2.75) is 38.1 Å². The topological polar surface area (TPSA) is 43.6 Å². The molecule has 0 spiro atoms. The molecule has 0 radical (unpaired) electrons. The minimum atomic E-state index is 0. The van der Waals surface area contributed by atoms with Gasteiger partial charge in [-0.05, 0) is 36.8 Å². The first kappa shape index (κ1) is 19.6. The summed E-state index contributed by atoms with van der Waals surface area (Å²) in [5.74, 6) is 1.65. The Morgan fingerprint density at radius 1 is 1.35 bits per heavy atom. The number of nitrogens with zero attached hydrogens (tertiary/aromatic N) is 2. The molecule has 1 saturated carbocycles. The Bertz CT molecular complexity index is 538. The number of para-hydroxylation sites is 1. The largest absolute Gasteiger partial charge is 1.00 e. The van der Waals surface area contributed by atoms with Crippen LogP contribution in [0.5, 0.6) is 5.75 Å². The van der Waals surface area contributed by atoms with Gasteiger partial charge in [0.2, 0.25) is 5.91 Å². The number of benzene rings is 1. The molecular weight excluding hydrogens is 362 g/mol. The number of piperazine rings is 1. The SMILES string of the molecule is CC[C@@H]1C[N-]CCN1C(=O)C1CCC1c1ccccc1OC.[Rb+]. The van der Waals surface area contributed by atoms with Crippen LogP contribution in [-0.2, 0) is 4.79 Å². The van der Waals surface area contributed by atoms with Crippen molar-refractivity contribution in [1.82, 2.24) is 4.90 Å². The number of carbonyl (C=O) groups is 1. The number of amides is 1. The van der Waals surface area contributed by atoms with Crippen molar-refractivity contribution in [3.63, 3.8) is 0 Å². The van der Waals surface area contributed by atoms with E-state index in [2.05, 4.69) is 23.2 Å². The van der Waals surface area contributed by atoms with Crippen molar-refractivity contribution in [2.75, 3.05) is 26.7 Å². The molecule has 23 heavy (non-hydrogen) atoms. The third-order valence-electron chi connectivity index (χ3n) is 5.16. The van der Waals surface area contributed by atoms with E-state index in [1.54, 1.807) is 7.11 Å². The number of rotatable bonds is 4. The van der Waals surface area contributed by atoms with Crippen molar-refractivity contribution in [1.29, 1.82) is 0 Å². The van der Waals surface area contributed by atoms with Crippen molar-refractivity contribution in [3.05, 3.63) is 35.1 Å². The second kappa shape index (κ2) is 9.09. The molecule has 0 aromatic heterocycles. The van der Waals surface area contributed by atoms with Gasteiger partial charge in [-0.3, -0.25) is 4.79 Å². The molecule has 1 amide bonds. The monoisotopic (exact) mass is 386 g/mol. The Kier molecular flexibility index (Phi) is 7.74. The molecule has 1 aliphatic heterocycles. The molecule has 3 atom stereocenters. The molecular formula is C18H25N2O2Rb. The molecule has 2 aliphatic rings. The zero-order chi connectivity index (χ0) is 15.5. The average Bonchev–Trinajstić information content (AvgIpc) is 2.54. The first-order valence-corrected chi connectivity index (χ1v) is 8.33. The maximum Gasteiger partial charge on any atom is 1.00 e. The normalized spacial score (nSPS) is 26.9. The van der Waals surface area contributed by atoms with Gasteiger partial charge in [0.05, 0.1) is 7.11 Å². The summed E-state index contributed by atoms with van der Waals surface area (Å²) in [6.07, 6.45) is 3.05. The van der Waals surface area contributed by atoms with E-state index in [9.17, 15) is 4.79 Å². The van der Waals surface area contributed by atoms with E-state index in [1.165, 1.54) is 5.56 Å². The summed E-state index contributed by atoms with van der Waals surface area (Å²) in [4.78, 5) is 15.1. The van der Waals surface area contributed by atoms with E-state index < -0.39 is 0 Å². The minimum absolute atomic E-state index is 0. The summed E-state index contributed by atoms with van der Waals surface area (Å²) in [7, 11) is 1.70. The second-order valence-electron chi connectivity index (χ2n) is 6.26. The van der Waals surface area contributed by atoms with Crippen LogP contribution in [0.1, 0.15) is 37.7 Å². The van der Waals surface area contributed by atoms with E-state index >= 15 is 0 Å². The van der Waals surface area contributed by atoms with E-state index in [4.69, 9.17) is 4.74 Å². The number of hydrogen-bond acceptors (Lipinski definition) is 2. The molecule has 0 bridgehead atoms. The standard InChI is InChI=1S/C18H25N2O2.Rb/c1-3-13-12-19-10-11-20(13)18(21)16-9-8-14(16)15-6-4-5-7-17(15)22-2;/h4-7,13-14,16H,3,8-12H2,1-2H3;/q-1;+1/t13-,14?,16?;/m1./s1. The fourth-order valence-corrected chi connectivity index (χ4v) is 3.69. The van der Waals surface area contributed by atoms with E-state index in [-0.39, 0.29) is 64.1 Å². The van der Waals surface area contributed by atoms with Crippen LogP contribution >= 0.6 is 0 Å². The maximum absolute atomic E-state index is 13.0. The van der Waals surface area contributed by atoms with Crippen LogP contribution in [0.4, 0.5) is 0 Å². The molecule has 1 heterocycles. The van der Waals surface area contributed by atoms with Gasteiger partial charge < -0.3 is 15.0 Å². The average molecular weight is 387 g/mol. The van der Waals surface area contributed by atoms with Gasteiger partial charge in [0.15, 0.2) is 0 Å². The van der Waals surface area contributed by atoms with Gasteiger partial charge >= 0.3 is 58.2 Å². The van der Waals surface area contributed by atoms with Crippen LogP contribution in [-0.4, -0.2) is 43.6 Å².